The van der Waals surface area contributed by atoms with Gasteiger partial charge in [0.05, 0.1) is 6.61 Å². The molecule has 2 atom stereocenters. The minimum atomic E-state index is 0.676. The van der Waals surface area contributed by atoms with Crippen LogP contribution in [0.4, 0.5) is 0 Å². The molecule has 1 aliphatic heterocycles. The number of ether oxygens (including phenoxy) is 1. The van der Waals surface area contributed by atoms with Gasteiger partial charge in [0, 0.05) is 32.3 Å². The molecule has 1 aliphatic rings. The molecule has 0 aromatic rings. The highest BCUT2D eigenvalue weighted by Gasteiger charge is 2.31. The highest BCUT2D eigenvalue weighted by Crippen LogP contribution is 2.13. The van der Waals surface area contributed by atoms with Crippen LogP contribution in [-0.2, 0) is 4.74 Å². The molecule has 3 heteroatoms. The zero-order valence-corrected chi connectivity index (χ0v) is 7.63. The zero-order valence-electron chi connectivity index (χ0n) is 7.63. The van der Waals surface area contributed by atoms with Crippen LogP contribution in [0.5, 0.6) is 0 Å². The Labute approximate surface area is 68.7 Å². The van der Waals surface area contributed by atoms with Crippen LogP contribution in [0.3, 0.4) is 0 Å². The van der Waals surface area contributed by atoms with E-state index in [4.69, 9.17) is 4.74 Å². The summed E-state index contributed by atoms with van der Waals surface area (Å²) in [5.74, 6) is 0. The SMILES string of the molecule is COCCNC1CN(C)C1C. The molecular weight excluding hydrogens is 140 g/mol. The van der Waals surface area contributed by atoms with E-state index in [1.54, 1.807) is 7.11 Å². The van der Waals surface area contributed by atoms with E-state index < -0.39 is 0 Å². The molecule has 0 saturated carbocycles. The minimum Gasteiger partial charge on any atom is -0.383 e. The summed E-state index contributed by atoms with van der Waals surface area (Å²) in [6.45, 7) is 5.20. The maximum Gasteiger partial charge on any atom is 0.0587 e. The van der Waals surface area contributed by atoms with Gasteiger partial charge in [-0.1, -0.05) is 0 Å². The Morgan fingerprint density at radius 1 is 1.64 bits per heavy atom. The number of likely N-dealkylation sites (N-methyl/N-ethyl adjacent to an activating group) is 1. The highest BCUT2D eigenvalue weighted by atomic mass is 16.5. The first-order valence-electron chi connectivity index (χ1n) is 4.18. The standard InChI is InChI=1S/C8H18N2O/c1-7-8(6-10(7)2)9-4-5-11-3/h7-9H,4-6H2,1-3H3. The van der Waals surface area contributed by atoms with Gasteiger partial charge in [-0.2, -0.15) is 0 Å². The van der Waals surface area contributed by atoms with Crippen LogP contribution in [0.15, 0.2) is 0 Å². The number of likely N-dealkylation sites (tertiary alicyclic amines) is 1. The van der Waals surface area contributed by atoms with E-state index in [0.717, 1.165) is 13.2 Å². The van der Waals surface area contributed by atoms with Crippen LogP contribution in [0, 0.1) is 0 Å². The first-order chi connectivity index (χ1) is 5.25. The Morgan fingerprint density at radius 3 is 2.82 bits per heavy atom. The lowest BCUT2D eigenvalue weighted by molar-refractivity contribution is 0.0781. The molecule has 1 saturated heterocycles. The molecule has 0 aromatic heterocycles. The first kappa shape index (κ1) is 8.97. The number of hydrogen-bond acceptors (Lipinski definition) is 3. The molecule has 1 N–H and O–H groups in total. The van der Waals surface area contributed by atoms with Gasteiger partial charge in [0.2, 0.25) is 0 Å². The van der Waals surface area contributed by atoms with Crippen LogP contribution in [0.2, 0.25) is 0 Å². The van der Waals surface area contributed by atoms with Crippen molar-refractivity contribution in [2.45, 2.75) is 19.0 Å². The Kier molecular flexibility index (Phi) is 3.30. The van der Waals surface area contributed by atoms with Crippen molar-refractivity contribution in [1.82, 2.24) is 10.2 Å². The molecule has 3 nitrogen and oxygen atoms in total. The van der Waals surface area contributed by atoms with E-state index in [1.807, 2.05) is 0 Å². The topological polar surface area (TPSA) is 24.5 Å². The number of hydrogen-bond donors (Lipinski definition) is 1. The third kappa shape index (κ3) is 2.15. The van der Waals surface area contributed by atoms with Gasteiger partial charge in [0.15, 0.2) is 0 Å². The molecule has 0 amide bonds. The van der Waals surface area contributed by atoms with Crippen molar-refractivity contribution in [2.75, 3.05) is 33.9 Å². The second-order valence-electron chi connectivity index (χ2n) is 3.23. The van der Waals surface area contributed by atoms with Gasteiger partial charge < -0.3 is 15.0 Å². The summed E-state index contributed by atoms with van der Waals surface area (Å²) < 4.78 is 4.95. The van der Waals surface area contributed by atoms with Crippen LogP contribution in [-0.4, -0.2) is 50.8 Å². The molecule has 1 rings (SSSR count). The quantitative estimate of drug-likeness (QED) is 0.579. The van der Waals surface area contributed by atoms with E-state index >= 15 is 0 Å². The second-order valence-corrected chi connectivity index (χ2v) is 3.23. The summed E-state index contributed by atoms with van der Waals surface area (Å²) in [5, 5.41) is 3.43. The summed E-state index contributed by atoms with van der Waals surface area (Å²) >= 11 is 0. The van der Waals surface area contributed by atoms with Crippen LogP contribution < -0.4 is 5.32 Å². The van der Waals surface area contributed by atoms with Gasteiger partial charge >= 0.3 is 0 Å². The smallest absolute Gasteiger partial charge is 0.0587 e. The summed E-state index contributed by atoms with van der Waals surface area (Å²) in [5.41, 5.74) is 0. The molecule has 11 heavy (non-hydrogen) atoms. The van der Waals surface area contributed by atoms with Gasteiger partial charge in [-0.15, -0.1) is 0 Å². The molecule has 0 aliphatic carbocycles. The molecule has 0 radical (unpaired) electrons. The Hall–Kier alpha value is -0.120. The zero-order chi connectivity index (χ0) is 8.27. The number of nitrogens with one attached hydrogen (secondary N) is 1. The number of rotatable bonds is 4. The lowest BCUT2D eigenvalue weighted by Crippen LogP contribution is -2.63. The van der Waals surface area contributed by atoms with E-state index in [9.17, 15) is 0 Å². The van der Waals surface area contributed by atoms with Crippen molar-refractivity contribution in [3.8, 4) is 0 Å². The van der Waals surface area contributed by atoms with Gasteiger partial charge in [-0.05, 0) is 14.0 Å². The predicted octanol–water partition coefficient (Wildman–Crippen LogP) is -0.0751. The van der Waals surface area contributed by atoms with Crippen molar-refractivity contribution >= 4 is 0 Å². The van der Waals surface area contributed by atoms with Crippen molar-refractivity contribution in [3.63, 3.8) is 0 Å². The molecule has 0 spiro atoms. The van der Waals surface area contributed by atoms with Gasteiger partial charge in [0.25, 0.3) is 0 Å². The normalized spacial score (nSPS) is 31.9. The largest absolute Gasteiger partial charge is 0.383 e. The van der Waals surface area contributed by atoms with Crippen LogP contribution >= 0.6 is 0 Å². The average Bonchev–Trinajstić information content (AvgIpc) is 2.03. The highest BCUT2D eigenvalue weighted by molar-refractivity contribution is 4.91. The number of methoxy groups -OCH3 is 1. The molecule has 1 heterocycles. The van der Waals surface area contributed by atoms with E-state index in [1.165, 1.54) is 6.54 Å². The van der Waals surface area contributed by atoms with Gasteiger partial charge in [-0.25, -0.2) is 0 Å². The summed E-state index contributed by atoms with van der Waals surface area (Å²) in [6, 6.07) is 1.36. The van der Waals surface area contributed by atoms with E-state index in [-0.39, 0.29) is 0 Å². The van der Waals surface area contributed by atoms with Crippen molar-refractivity contribution in [1.29, 1.82) is 0 Å². The predicted molar refractivity (Wildman–Crippen MR) is 45.8 cm³/mol. The Balaban J connectivity index is 2.01. The molecule has 1 fully saturated rings. The maximum atomic E-state index is 4.95. The fourth-order valence-electron chi connectivity index (χ4n) is 1.38. The fourth-order valence-corrected chi connectivity index (χ4v) is 1.38. The van der Waals surface area contributed by atoms with Gasteiger partial charge in [-0.3, -0.25) is 0 Å². The number of nitrogens with zero attached hydrogens (tertiary/aromatic N) is 1. The second kappa shape index (κ2) is 4.04. The summed E-state index contributed by atoms with van der Waals surface area (Å²) in [7, 11) is 3.89. The molecule has 0 bridgehead atoms. The van der Waals surface area contributed by atoms with E-state index in [0.29, 0.717) is 12.1 Å². The maximum absolute atomic E-state index is 4.95. The monoisotopic (exact) mass is 158 g/mol. The lowest BCUT2D eigenvalue weighted by atomic mass is 10.00. The fraction of sp³-hybridized carbons (Fsp3) is 1.00. The first-order valence-corrected chi connectivity index (χ1v) is 4.18. The minimum absolute atomic E-state index is 0.676. The Morgan fingerprint density at radius 2 is 2.36 bits per heavy atom. The third-order valence-electron chi connectivity index (χ3n) is 2.47. The third-order valence-corrected chi connectivity index (χ3v) is 2.47. The van der Waals surface area contributed by atoms with Crippen LogP contribution in [0.25, 0.3) is 0 Å². The molecule has 66 valence electrons. The molecule has 0 aromatic carbocycles. The summed E-state index contributed by atoms with van der Waals surface area (Å²) in [4.78, 5) is 2.34. The van der Waals surface area contributed by atoms with Crippen molar-refractivity contribution < 1.29 is 4.74 Å². The summed E-state index contributed by atoms with van der Waals surface area (Å²) in [6.07, 6.45) is 0. The molecule has 2 unspecified atom stereocenters. The van der Waals surface area contributed by atoms with Crippen molar-refractivity contribution in [2.24, 2.45) is 0 Å². The average molecular weight is 158 g/mol. The Bertz CT molecular complexity index is 119. The van der Waals surface area contributed by atoms with Crippen LogP contribution in [0.1, 0.15) is 6.92 Å². The molecular formula is C8H18N2O. The van der Waals surface area contributed by atoms with E-state index in [2.05, 4.69) is 24.2 Å². The lowest BCUT2D eigenvalue weighted by Gasteiger charge is -2.44. The van der Waals surface area contributed by atoms with Crippen molar-refractivity contribution in [3.05, 3.63) is 0 Å². The van der Waals surface area contributed by atoms with Gasteiger partial charge in [0.1, 0.15) is 0 Å².